The minimum Gasteiger partial charge on any atom is -0.346 e. The average Bonchev–Trinajstić information content (AvgIpc) is 2.28. The van der Waals surface area contributed by atoms with Gasteiger partial charge in [-0.3, -0.25) is 4.79 Å². The Morgan fingerprint density at radius 3 is 2.42 bits per heavy atom. The molecular weight excluding hydrogens is 152 g/mol. The highest BCUT2D eigenvalue weighted by atomic mass is 16.2. The summed E-state index contributed by atoms with van der Waals surface area (Å²) in [5.41, 5.74) is 1.85. The fourth-order valence-corrected chi connectivity index (χ4v) is 1.17. The number of aromatic nitrogens is 1. The zero-order valence-electron chi connectivity index (χ0n) is 7.96. The van der Waals surface area contributed by atoms with Crippen LogP contribution in [0.4, 0.5) is 0 Å². The van der Waals surface area contributed by atoms with Crippen LogP contribution in [0.3, 0.4) is 0 Å². The maximum Gasteiger partial charge on any atom is 0.269 e. The zero-order valence-corrected chi connectivity index (χ0v) is 7.96. The molecule has 66 valence electrons. The van der Waals surface area contributed by atoms with Crippen molar-refractivity contribution < 1.29 is 4.79 Å². The van der Waals surface area contributed by atoms with Crippen molar-refractivity contribution in [1.82, 2.24) is 9.47 Å². The molecule has 0 saturated heterocycles. The van der Waals surface area contributed by atoms with Gasteiger partial charge in [-0.25, -0.2) is 0 Å². The van der Waals surface area contributed by atoms with Crippen molar-refractivity contribution in [3.63, 3.8) is 0 Å². The van der Waals surface area contributed by atoms with Crippen LogP contribution in [0.1, 0.15) is 16.1 Å². The standard InChI is InChI=1S/C9H14N2O/c1-7-5-8(11(4)6-7)9(12)10(2)3/h5-6H,1-4H3. The van der Waals surface area contributed by atoms with Gasteiger partial charge >= 0.3 is 0 Å². The molecule has 0 aromatic carbocycles. The number of hydrogen-bond donors (Lipinski definition) is 0. The zero-order chi connectivity index (χ0) is 9.30. The molecule has 0 atom stereocenters. The summed E-state index contributed by atoms with van der Waals surface area (Å²) in [6.07, 6.45) is 1.94. The van der Waals surface area contributed by atoms with Crippen LogP contribution in [0.2, 0.25) is 0 Å². The fraction of sp³-hybridized carbons (Fsp3) is 0.444. The maximum atomic E-state index is 11.5. The van der Waals surface area contributed by atoms with E-state index in [2.05, 4.69) is 0 Å². The summed E-state index contributed by atoms with van der Waals surface area (Å²) < 4.78 is 1.84. The number of carbonyl (C=O) groups excluding carboxylic acids is 1. The minimum atomic E-state index is 0.0469. The molecule has 0 aliphatic rings. The molecule has 3 nitrogen and oxygen atoms in total. The topological polar surface area (TPSA) is 25.2 Å². The van der Waals surface area contributed by atoms with E-state index in [4.69, 9.17) is 0 Å². The Labute approximate surface area is 72.6 Å². The van der Waals surface area contributed by atoms with E-state index in [1.807, 2.05) is 30.8 Å². The molecule has 0 fully saturated rings. The van der Waals surface area contributed by atoms with Crippen molar-refractivity contribution >= 4 is 5.91 Å². The van der Waals surface area contributed by atoms with Crippen LogP contribution in [-0.2, 0) is 7.05 Å². The van der Waals surface area contributed by atoms with Crippen molar-refractivity contribution in [2.75, 3.05) is 14.1 Å². The third-order valence-corrected chi connectivity index (χ3v) is 1.77. The molecule has 0 unspecified atom stereocenters. The lowest BCUT2D eigenvalue weighted by Gasteiger charge is -2.10. The van der Waals surface area contributed by atoms with E-state index in [1.54, 1.807) is 19.0 Å². The predicted octanol–water partition coefficient (Wildman–Crippen LogP) is 1.04. The van der Waals surface area contributed by atoms with Crippen LogP contribution in [0, 0.1) is 6.92 Å². The number of amides is 1. The molecule has 1 aromatic rings. The van der Waals surface area contributed by atoms with Crippen LogP contribution in [-0.4, -0.2) is 29.5 Å². The Morgan fingerprint density at radius 1 is 1.50 bits per heavy atom. The quantitative estimate of drug-likeness (QED) is 0.612. The third kappa shape index (κ3) is 1.49. The smallest absolute Gasteiger partial charge is 0.269 e. The molecule has 1 aromatic heterocycles. The third-order valence-electron chi connectivity index (χ3n) is 1.77. The van der Waals surface area contributed by atoms with E-state index in [0.29, 0.717) is 0 Å². The van der Waals surface area contributed by atoms with Crippen molar-refractivity contribution in [2.45, 2.75) is 6.92 Å². The molecular formula is C9H14N2O. The molecule has 0 aliphatic heterocycles. The summed E-state index contributed by atoms with van der Waals surface area (Å²) in [6.45, 7) is 1.98. The summed E-state index contributed by atoms with van der Waals surface area (Å²) in [7, 11) is 5.39. The van der Waals surface area contributed by atoms with Crippen LogP contribution in [0.15, 0.2) is 12.3 Å². The van der Waals surface area contributed by atoms with E-state index in [9.17, 15) is 4.79 Å². The Morgan fingerprint density at radius 2 is 2.08 bits per heavy atom. The summed E-state index contributed by atoms with van der Waals surface area (Å²) in [5.74, 6) is 0.0469. The molecule has 0 radical (unpaired) electrons. The summed E-state index contributed by atoms with van der Waals surface area (Å²) in [4.78, 5) is 13.1. The fourth-order valence-electron chi connectivity index (χ4n) is 1.17. The summed E-state index contributed by atoms with van der Waals surface area (Å²) in [5, 5.41) is 0. The summed E-state index contributed by atoms with van der Waals surface area (Å²) in [6, 6.07) is 1.89. The molecule has 1 amide bonds. The highest BCUT2D eigenvalue weighted by molar-refractivity contribution is 5.92. The van der Waals surface area contributed by atoms with Gasteiger partial charge in [0.25, 0.3) is 5.91 Å². The molecule has 0 spiro atoms. The SMILES string of the molecule is Cc1cc(C(=O)N(C)C)n(C)c1. The van der Waals surface area contributed by atoms with E-state index in [0.717, 1.165) is 11.3 Å². The van der Waals surface area contributed by atoms with Gasteiger partial charge in [-0.2, -0.15) is 0 Å². The van der Waals surface area contributed by atoms with Crippen LogP contribution >= 0.6 is 0 Å². The van der Waals surface area contributed by atoms with Gasteiger partial charge in [0, 0.05) is 27.3 Å². The maximum absolute atomic E-state index is 11.5. The van der Waals surface area contributed by atoms with Crippen LogP contribution in [0.25, 0.3) is 0 Å². The van der Waals surface area contributed by atoms with E-state index >= 15 is 0 Å². The van der Waals surface area contributed by atoms with Crippen molar-refractivity contribution in [2.24, 2.45) is 7.05 Å². The molecule has 0 bridgehead atoms. The van der Waals surface area contributed by atoms with E-state index < -0.39 is 0 Å². The van der Waals surface area contributed by atoms with Crippen LogP contribution < -0.4 is 0 Å². The lowest BCUT2D eigenvalue weighted by atomic mass is 10.3. The monoisotopic (exact) mass is 166 g/mol. The van der Waals surface area contributed by atoms with Gasteiger partial charge in [0.05, 0.1) is 0 Å². The van der Waals surface area contributed by atoms with Gasteiger partial charge in [-0.05, 0) is 18.6 Å². The van der Waals surface area contributed by atoms with Gasteiger partial charge in [0.15, 0.2) is 0 Å². The van der Waals surface area contributed by atoms with Crippen LogP contribution in [0.5, 0.6) is 0 Å². The molecule has 1 rings (SSSR count). The van der Waals surface area contributed by atoms with Gasteiger partial charge in [0.2, 0.25) is 0 Å². The number of aryl methyl sites for hydroxylation is 2. The first-order valence-electron chi connectivity index (χ1n) is 3.87. The van der Waals surface area contributed by atoms with Gasteiger partial charge < -0.3 is 9.47 Å². The normalized spacial score (nSPS) is 10.0. The number of rotatable bonds is 1. The summed E-state index contributed by atoms with van der Waals surface area (Å²) >= 11 is 0. The second-order valence-electron chi connectivity index (χ2n) is 3.21. The van der Waals surface area contributed by atoms with Crippen molar-refractivity contribution in [1.29, 1.82) is 0 Å². The Bertz CT molecular complexity index is 299. The minimum absolute atomic E-state index is 0.0469. The first-order chi connectivity index (χ1) is 5.52. The lowest BCUT2D eigenvalue weighted by Crippen LogP contribution is -2.23. The average molecular weight is 166 g/mol. The second-order valence-corrected chi connectivity index (χ2v) is 3.21. The van der Waals surface area contributed by atoms with E-state index in [1.165, 1.54) is 0 Å². The molecule has 12 heavy (non-hydrogen) atoms. The van der Waals surface area contributed by atoms with Crippen molar-refractivity contribution in [3.8, 4) is 0 Å². The predicted molar refractivity (Wildman–Crippen MR) is 48.2 cm³/mol. The molecule has 3 heteroatoms. The Hall–Kier alpha value is -1.25. The van der Waals surface area contributed by atoms with Gasteiger partial charge in [-0.15, -0.1) is 0 Å². The number of carbonyl (C=O) groups is 1. The van der Waals surface area contributed by atoms with Crippen molar-refractivity contribution in [3.05, 3.63) is 23.5 Å². The van der Waals surface area contributed by atoms with Gasteiger partial charge in [0.1, 0.15) is 5.69 Å². The van der Waals surface area contributed by atoms with E-state index in [-0.39, 0.29) is 5.91 Å². The highest BCUT2D eigenvalue weighted by Crippen LogP contribution is 2.07. The molecule has 0 aliphatic carbocycles. The largest absolute Gasteiger partial charge is 0.346 e. The number of nitrogens with zero attached hydrogens (tertiary/aromatic N) is 2. The number of hydrogen-bond acceptors (Lipinski definition) is 1. The molecule has 0 saturated carbocycles. The highest BCUT2D eigenvalue weighted by Gasteiger charge is 2.11. The van der Waals surface area contributed by atoms with Gasteiger partial charge in [-0.1, -0.05) is 0 Å². The molecule has 0 N–H and O–H groups in total. The molecule has 1 heterocycles. The lowest BCUT2D eigenvalue weighted by molar-refractivity contribution is 0.0818. The first-order valence-corrected chi connectivity index (χ1v) is 3.87. The second kappa shape index (κ2) is 3.01. The Kier molecular flexibility index (Phi) is 2.22. The Balaban J connectivity index is 3.02. The first kappa shape index (κ1) is 8.84.